The maximum Gasteiger partial charge on any atom is 0.262 e. The molecule has 0 bridgehead atoms. The fourth-order valence-electron chi connectivity index (χ4n) is 1.75. The molecule has 0 fully saturated rings. The van der Waals surface area contributed by atoms with Crippen molar-refractivity contribution in [3.05, 3.63) is 54.3 Å². The third-order valence-electron chi connectivity index (χ3n) is 2.78. The van der Waals surface area contributed by atoms with Crippen LogP contribution in [0.2, 0.25) is 0 Å². The molecule has 0 heterocycles. The highest BCUT2D eigenvalue weighted by Gasteiger charge is 2.05. The van der Waals surface area contributed by atoms with E-state index in [0.29, 0.717) is 23.8 Å². The number of halogens is 1. The second kappa shape index (κ2) is 8.02. The van der Waals surface area contributed by atoms with Gasteiger partial charge >= 0.3 is 0 Å². The second-order valence-electron chi connectivity index (χ2n) is 4.67. The van der Waals surface area contributed by atoms with Gasteiger partial charge in [-0.2, -0.15) is 0 Å². The number of hydrogen-bond acceptors (Lipinski definition) is 3. The number of nitrogens with one attached hydrogen (secondary N) is 1. The Morgan fingerprint density at radius 3 is 2.45 bits per heavy atom. The number of rotatable bonds is 7. The topological polar surface area (TPSA) is 47.6 Å². The molecule has 0 aliphatic heterocycles. The van der Waals surface area contributed by atoms with Crippen LogP contribution in [0.1, 0.15) is 13.3 Å². The zero-order valence-electron chi connectivity index (χ0n) is 12.3. The molecule has 1 N–H and O–H groups in total. The third-order valence-corrected chi connectivity index (χ3v) is 2.78. The largest absolute Gasteiger partial charge is 0.493 e. The molecule has 0 aliphatic rings. The fourth-order valence-corrected chi connectivity index (χ4v) is 1.75. The molecule has 2 aromatic rings. The molecule has 0 radical (unpaired) electrons. The van der Waals surface area contributed by atoms with E-state index in [9.17, 15) is 9.18 Å². The molecule has 5 heteroatoms. The highest BCUT2D eigenvalue weighted by Crippen LogP contribution is 2.19. The van der Waals surface area contributed by atoms with E-state index in [1.807, 2.05) is 13.0 Å². The molecule has 0 unspecified atom stereocenters. The van der Waals surface area contributed by atoms with Crippen molar-refractivity contribution in [1.29, 1.82) is 0 Å². The molecule has 22 heavy (non-hydrogen) atoms. The Kier molecular flexibility index (Phi) is 5.77. The summed E-state index contributed by atoms with van der Waals surface area (Å²) >= 11 is 0. The van der Waals surface area contributed by atoms with Gasteiger partial charge < -0.3 is 14.8 Å². The van der Waals surface area contributed by atoms with Crippen molar-refractivity contribution in [1.82, 2.24) is 0 Å². The quantitative estimate of drug-likeness (QED) is 0.849. The Balaban J connectivity index is 1.84. The minimum absolute atomic E-state index is 0.130. The van der Waals surface area contributed by atoms with Gasteiger partial charge in [0.05, 0.1) is 6.61 Å². The highest BCUT2D eigenvalue weighted by atomic mass is 19.1. The number of carbonyl (C=O) groups excluding carboxylic acids is 1. The summed E-state index contributed by atoms with van der Waals surface area (Å²) in [6.45, 7) is 2.53. The minimum Gasteiger partial charge on any atom is -0.493 e. The summed E-state index contributed by atoms with van der Waals surface area (Å²) in [6, 6.07) is 12.7. The van der Waals surface area contributed by atoms with E-state index < -0.39 is 0 Å². The summed E-state index contributed by atoms with van der Waals surface area (Å²) in [5, 5.41) is 2.63. The van der Waals surface area contributed by atoms with Gasteiger partial charge in [-0.25, -0.2) is 4.39 Å². The van der Waals surface area contributed by atoms with E-state index in [0.717, 1.165) is 6.42 Å². The Morgan fingerprint density at radius 1 is 1.09 bits per heavy atom. The molecule has 1 amide bonds. The van der Waals surface area contributed by atoms with Crippen molar-refractivity contribution >= 4 is 11.6 Å². The predicted octanol–water partition coefficient (Wildman–Crippen LogP) is 3.63. The summed E-state index contributed by atoms with van der Waals surface area (Å²) in [4.78, 5) is 11.8. The Labute approximate surface area is 128 Å². The number of anilines is 1. The maximum absolute atomic E-state index is 12.8. The van der Waals surface area contributed by atoms with Gasteiger partial charge in [-0.15, -0.1) is 0 Å². The number of benzene rings is 2. The van der Waals surface area contributed by atoms with Gasteiger partial charge in [0, 0.05) is 11.8 Å². The zero-order chi connectivity index (χ0) is 15.8. The van der Waals surface area contributed by atoms with Crippen LogP contribution in [-0.4, -0.2) is 19.1 Å². The first-order valence-electron chi connectivity index (χ1n) is 7.08. The zero-order valence-corrected chi connectivity index (χ0v) is 12.3. The average Bonchev–Trinajstić information content (AvgIpc) is 2.53. The van der Waals surface area contributed by atoms with Crippen molar-refractivity contribution in [2.24, 2.45) is 0 Å². The maximum atomic E-state index is 12.8. The van der Waals surface area contributed by atoms with Crippen LogP contribution < -0.4 is 14.8 Å². The Bertz CT molecular complexity index is 614. The van der Waals surface area contributed by atoms with Crippen LogP contribution in [0.3, 0.4) is 0 Å². The number of ether oxygens (including phenoxy) is 2. The smallest absolute Gasteiger partial charge is 0.262 e. The molecule has 0 atom stereocenters. The summed E-state index contributed by atoms with van der Waals surface area (Å²) in [5.41, 5.74) is 0.523. The number of hydrogen-bond donors (Lipinski definition) is 1. The van der Waals surface area contributed by atoms with Gasteiger partial charge in [-0.3, -0.25) is 4.79 Å². The first kappa shape index (κ1) is 15.8. The fraction of sp³-hybridized carbons (Fsp3) is 0.235. The normalized spacial score (nSPS) is 10.1. The van der Waals surface area contributed by atoms with Crippen LogP contribution in [0.15, 0.2) is 48.5 Å². The lowest BCUT2D eigenvalue weighted by atomic mass is 10.3. The van der Waals surface area contributed by atoms with Crippen molar-refractivity contribution in [2.75, 3.05) is 18.5 Å². The molecule has 0 aromatic heterocycles. The van der Waals surface area contributed by atoms with Gasteiger partial charge in [-0.1, -0.05) is 13.0 Å². The minimum atomic E-state index is -0.349. The van der Waals surface area contributed by atoms with E-state index in [1.165, 1.54) is 24.3 Å². The van der Waals surface area contributed by atoms with E-state index in [4.69, 9.17) is 9.47 Å². The predicted molar refractivity (Wildman–Crippen MR) is 82.8 cm³/mol. The van der Waals surface area contributed by atoms with Gasteiger partial charge in [0.1, 0.15) is 17.3 Å². The molecule has 0 saturated heterocycles. The lowest BCUT2D eigenvalue weighted by molar-refractivity contribution is -0.118. The van der Waals surface area contributed by atoms with Crippen molar-refractivity contribution in [3.63, 3.8) is 0 Å². The van der Waals surface area contributed by atoms with Crippen LogP contribution in [0, 0.1) is 5.82 Å². The standard InChI is InChI=1S/C17H18FNO3/c1-2-10-21-15-4-3-5-16(11-15)22-12-17(20)19-14-8-6-13(18)7-9-14/h3-9,11H,2,10,12H2,1H3,(H,19,20). The Morgan fingerprint density at radius 2 is 1.77 bits per heavy atom. The molecule has 116 valence electrons. The van der Waals surface area contributed by atoms with E-state index in [-0.39, 0.29) is 18.3 Å². The SMILES string of the molecule is CCCOc1cccc(OCC(=O)Nc2ccc(F)cc2)c1. The summed E-state index contributed by atoms with van der Waals surface area (Å²) in [7, 11) is 0. The van der Waals surface area contributed by atoms with Crippen LogP contribution in [0.5, 0.6) is 11.5 Å². The van der Waals surface area contributed by atoms with E-state index in [1.54, 1.807) is 18.2 Å². The van der Waals surface area contributed by atoms with Crippen molar-refractivity contribution in [3.8, 4) is 11.5 Å². The van der Waals surface area contributed by atoms with Gasteiger partial charge in [0.15, 0.2) is 6.61 Å². The van der Waals surface area contributed by atoms with Gasteiger partial charge in [0.25, 0.3) is 5.91 Å². The lowest BCUT2D eigenvalue weighted by Crippen LogP contribution is -2.20. The molecule has 0 spiro atoms. The summed E-state index contributed by atoms with van der Waals surface area (Å²) in [6.07, 6.45) is 0.922. The first-order chi connectivity index (χ1) is 10.7. The first-order valence-corrected chi connectivity index (χ1v) is 7.08. The molecule has 0 saturated carbocycles. The van der Waals surface area contributed by atoms with Crippen LogP contribution in [0.4, 0.5) is 10.1 Å². The van der Waals surface area contributed by atoms with Crippen LogP contribution >= 0.6 is 0 Å². The summed E-state index contributed by atoms with van der Waals surface area (Å²) in [5.74, 6) is 0.603. The van der Waals surface area contributed by atoms with Crippen LogP contribution in [-0.2, 0) is 4.79 Å². The number of carbonyl (C=O) groups is 1. The van der Waals surface area contributed by atoms with Gasteiger partial charge in [0.2, 0.25) is 0 Å². The monoisotopic (exact) mass is 303 g/mol. The van der Waals surface area contributed by atoms with E-state index >= 15 is 0 Å². The lowest BCUT2D eigenvalue weighted by Gasteiger charge is -2.09. The van der Waals surface area contributed by atoms with Crippen LogP contribution in [0.25, 0.3) is 0 Å². The molecular formula is C17H18FNO3. The average molecular weight is 303 g/mol. The second-order valence-corrected chi connectivity index (χ2v) is 4.67. The Hall–Kier alpha value is -2.56. The van der Waals surface area contributed by atoms with E-state index in [2.05, 4.69) is 5.32 Å². The van der Waals surface area contributed by atoms with Crippen molar-refractivity contribution in [2.45, 2.75) is 13.3 Å². The molecule has 2 aromatic carbocycles. The number of amides is 1. The highest BCUT2D eigenvalue weighted by molar-refractivity contribution is 5.91. The molecule has 2 rings (SSSR count). The summed E-state index contributed by atoms with van der Waals surface area (Å²) < 4.78 is 23.7. The van der Waals surface area contributed by atoms with Gasteiger partial charge in [-0.05, 0) is 42.8 Å². The molecule has 0 aliphatic carbocycles. The third kappa shape index (κ3) is 5.09. The molecular weight excluding hydrogens is 285 g/mol. The van der Waals surface area contributed by atoms with Crippen molar-refractivity contribution < 1.29 is 18.7 Å². The molecule has 4 nitrogen and oxygen atoms in total.